The molecule has 2 fully saturated rings. The second kappa shape index (κ2) is 12.2. The van der Waals surface area contributed by atoms with Crippen LogP contribution in [0, 0.1) is 29.1 Å². The summed E-state index contributed by atoms with van der Waals surface area (Å²) < 4.78 is 71.8. The van der Waals surface area contributed by atoms with E-state index < -0.39 is 41.4 Å². The zero-order valence-corrected chi connectivity index (χ0v) is 26.0. The molecule has 0 aromatic heterocycles. The van der Waals surface area contributed by atoms with E-state index in [1.165, 1.54) is 6.92 Å². The number of aliphatic hydroxyl groups is 1. The van der Waals surface area contributed by atoms with Crippen LogP contribution >= 0.6 is 0 Å². The smallest absolute Gasteiger partial charge is 0.383 e. The number of ketones is 1. The van der Waals surface area contributed by atoms with Gasteiger partial charge in [-0.25, -0.2) is 4.79 Å². The molecule has 4 aliphatic rings. The maximum absolute atomic E-state index is 15.2. The predicted molar refractivity (Wildman–Crippen MR) is 166 cm³/mol. The number of hydrogen-bond donors (Lipinski definition) is 3. The van der Waals surface area contributed by atoms with Crippen molar-refractivity contribution < 1.29 is 36.6 Å². The zero-order chi connectivity index (χ0) is 33.6. The van der Waals surface area contributed by atoms with Gasteiger partial charge in [-0.3, -0.25) is 4.79 Å². The summed E-state index contributed by atoms with van der Waals surface area (Å²) in [6.07, 6.45) is -2.97. The number of alkyl halides is 5. The minimum atomic E-state index is -5.89. The molecule has 0 unspecified atom stereocenters. The minimum Gasteiger partial charge on any atom is -0.383 e. The molecule has 0 spiro atoms. The van der Waals surface area contributed by atoms with Crippen LogP contribution < -0.4 is 10.6 Å². The highest BCUT2D eigenvalue weighted by Gasteiger charge is 2.79. The van der Waals surface area contributed by atoms with E-state index in [0.29, 0.717) is 37.8 Å². The molecule has 2 aromatic rings. The molecule has 5 atom stereocenters. The Bertz CT molecular complexity index is 1670. The van der Waals surface area contributed by atoms with E-state index in [4.69, 9.17) is 0 Å². The molecule has 0 heterocycles. The number of halogens is 5. The Morgan fingerprint density at radius 3 is 2.40 bits per heavy atom. The second-order valence-electron chi connectivity index (χ2n) is 13.4. The van der Waals surface area contributed by atoms with Crippen molar-refractivity contribution in [2.75, 3.05) is 6.54 Å². The molecule has 0 bridgehead atoms. The van der Waals surface area contributed by atoms with Gasteiger partial charge in [0.2, 0.25) is 0 Å². The van der Waals surface area contributed by atoms with E-state index in [-0.39, 0.29) is 37.1 Å². The Labute approximate surface area is 270 Å². The number of fused-ring (bicyclic) bond motifs is 4. The van der Waals surface area contributed by atoms with Crippen LogP contribution in [0.3, 0.4) is 0 Å². The Morgan fingerprint density at radius 2 is 1.70 bits per heavy atom. The molecule has 0 saturated heterocycles. The number of urea groups is 1. The lowest BCUT2D eigenvalue weighted by molar-refractivity contribution is -0.362. The van der Waals surface area contributed by atoms with E-state index in [0.717, 1.165) is 27.8 Å². The molecule has 0 radical (unpaired) electrons. The topological polar surface area (TPSA) is 78.4 Å². The van der Waals surface area contributed by atoms with E-state index >= 15 is 8.78 Å². The van der Waals surface area contributed by atoms with Crippen molar-refractivity contribution in [3.8, 4) is 11.8 Å². The van der Waals surface area contributed by atoms with Crippen molar-refractivity contribution in [2.24, 2.45) is 17.3 Å². The highest BCUT2D eigenvalue weighted by atomic mass is 19.4. The standard InChI is InChI=1S/C37H37F5N2O3/c1-34-21-30(25-11-9-23(10-12-25)8-5-19-43-33(46)44-22-24-6-3-2-4-7-24)32-28-16-14-27(45)20-26(28)13-15-29(32)31(34)17-18-35(34,47)36(38,39)37(40,41)42/h2-4,6-7,9-12,20,29-31,47H,13-19,21-22H2,1H3,(H2,43,44,46)/t29-,30+,31-,34-,35-/m0/s1. The third-order valence-electron chi connectivity index (χ3n) is 10.9. The van der Waals surface area contributed by atoms with Crippen LogP contribution in [0.15, 0.2) is 77.4 Å². The second-order valence-corrected chi connectivity index (χ2v) is 13.4. The number of nitrogens with one attached hydrogen (secondary N) is 2. The summed E-state index contributed by atoms with van der Waals surface area (Å²) in [4.78, 5) is 24.4. The molecular formula is C37H37F5N2O3. The normalized spacial score (nSPS) is 28.7. The summed E-state index contributed by atoms with van der Waals surface area (Å²) >= 11 is 0. The van der Waals surface area contributed by atoms with Crippen LogP contribution in [0.1, 0.15) is 74.5 Å². The third kappa shape index (κ3) is 5.77. The van der Waals surface area contributed by atoms with Gasteiger partial charge in [0.25, 0.3) is 0 Å². The van der Waals surface area contributed by atoms with Crippen LogP contribution in [0.2, 0.25) is 0 Å². The zero-order valence-electron chi connectivity index (χ0n) is 26.0. The number of carbonyl (C=O) groups is 2. The molecule has 248 valence electrons. The predicted octanol–water partition coefficient (Wildman–Crippen LogP) is 7.37. The molecule has 4 aliphatic carbocycles. The molecule has 47 heavy (non-hydrogen) atoms. The Morgan fingerprint density at radius 1 is 0.979 bits per heavy atom. The fourth-order valence-corrected chi connectivity index (χ4v) is 8.62. The number of amides is 2. The Kier molecular flexibility index (Phi) is 8.58. The maximum atomic E-state index is 15.2. The van der Waals surface area contributed by atoms with E-state index in [9.17, 15) is 27.9 Å². The first-order valence-corrected chi connectivity index (χ1v) is 16.0. The Balaban J connectivity index is 1.26. The van der Waals surface area contributed by atoms with E-state index in [1.54, 1.807) is 18.2 Å². The van der Waals surface area contributed by atoms with Gasteiger partial charge in [-0.05, 0) is 90.8 Å². The van der Waals surface area contributed by atoms with Gasteiger partial charge in [0.15, 0.2) is 5.78 Å². The van der Waals surface area contributed by atoms with Gasteiger partial charge in [0.05, 0.1) is 6.54 Å². The van der Waals surface area contributed by atoms with Crippen LogP contribution in [0.4, 0.5) is 26.7 Å². The largest absolute Gasteiger partial charge is 0.456 e. The molecule has 2 amide bonds. The van der Waals surface area contributed by atoms with Crippen LogP contribution in [-0.2, 0) is 11.3 Å². The summed E-state index contributed by atoms with van der Waals surface area (Å²) in [7, 11) is 0. The van der Waals surface area contributed by atoms with Crippen molar-refractivity contribution in [3.05, 3.63) is 94.1 Å². The van der Waals surface area contributed by atoms with Crippen LogP contribution in [0.5, 0.6) is 0 Å². The average Bonchev–Trinajstić information content (AvgIpc) is 3.33. The molecular weight excluding hydrogens is 615 g/mol. The van der Waals surface area contributed by atoms with Gasteiger partial charge in [-0.2, -0.15) is 22.0 Å². The summed E-state index contributed by atoms with van der Waals surface area (Å²) in [5.41, 5.74) is 0.352. The fraction of sp³-hybridized carbons (Fsp3) is 0.459. The number of benzene rings is 2. The van der Waals surface area contributed by atoms with Gasteiger partial charge in [0.1, 0.15) is 5.60 Å². The molecule has 5 nitrogen and oxygen atoms in total. The lowest BCUT2D eigenvalue weighted by atomic mass is 9.50. The monoisotopic (exact) mass is 652 g/mol. The van der Waals surface area contributed by atoms with Crippen molar-refractivity contribution in [3.63, 3.8) is 0 Å². The molecule has 2 saturated carbocycles. The van der Waals surface area contributed by atoms with Crippen molar-refractivity contribution in [2.45, 2.75) is 82.0 Å². The average molecular weight is 653 g/mol. The first kappa shape index (κ1) is 33.0. The number of allylic oxidation sites excluding steroid dienone is 4. The summed E-state index contributed by atoms with van der Waals surface area (Å²) in [6, 6.07) is 16.3. The third-order valence-corrected chi connectivity index (χ3v) is 10.9. The molecule has 0 aliphatic heterocycles. The lowest BCUT2D eigenvalue weighted by Gasteiger charge is -2.56. The van der Waals surface area contributed by atoms with Gasteiger partial charge < -0.3 is 15.7 Å². The Hall–Kier alpha value is -3.97. The summed E-state index contributed by atoms with van der Waals surface area (Å²) in [6.45, 7) is 1.89. The van der Waals surface area contributed by atoms with Gasteiger partial charge >= 0.3 is 18.1 Å². The number of carbonyl (C=O) groups excluding carboxylic acids is 2. The van der Waals surface area contributed by atoms with Gasteiger partial charge in [-0.15, -0.1) is 0 Å². The quantitative estimate of drug-likeness (QED) is 0.233. The van der Waals surface area contributed by atoms with E-state index in [1.807, 2.05) is 42.5 Å². The lowest BCUT2D eigenvalue weighted by Crippen LogP contribution is -2.65. The summed E-state index contributed by atoms with van der Waals surface area (Å²) in [5.74, 6) is -0.704. The highest BCUT2D eigenvalue weighted by molar-refractivity contribution is 5.93. The van der Waals surface area contributed by atoms with Crippen molar-refractivity contribution in [1.29, 1.82) is 0 Å². The highest BCUT2D eigenvalue weighted by Crippen LogP contribution is 2.70. The van der Waals surface area contributed by atoms with Crippen LogP contribution in [0.25, 0.3) is 0 Å². The molecule has 3 N–H and O–H groups in total. The van der Waals surface area contributed by atoms with Gasteiger partial charge in [0, 0.05) is 29.9 Å². The first-order chi connectivity index (χ1) is 22.2. The minimum absolute atomic E-state index is 0.0335. The number of rotatable bonds is 5. The molecule has 6 rings (SSSR count). The molecule has 10 heteroatoms. The SMILES string of the molecule is C[C@]12C[C@H](c3ccc(C#CCNC(=O)NCc4ccccc4)cc3)C3=C4CCC(=O)C=C4CC[C@H]3[C@@H]1CC[C@@]2(O)C(F)(F)C(F)(F)F. The number of hydrogen-bond acceptors (Lipinski definition) is 3. The molecule has 2 aromatic carbocycles. The van der Waals surface area contributed by atoms with E-state index in [2.05, 4.69) is 22.5 Å². The van der Waals surface area contributed by atoms with Crippen molar-refractivity contribution >= 4 is 11.8 Å². The van der Waals surface area contributed by atoms with Crippen LogP contribution in [-0.4, -0.2) is 41.2 Å². The first-order valence-electron chi connectivity index (χ1n) is 16.0. The summed E-state index contributed by atoms with van der Waals surface area (Å²) in [5, 5.41) is 16.9. The van der Waals surface area contributed by atoms with Crippen molar-refractivity contribution in [1.82, 2.24) is 10.6 Å². The maximum Gasteiger partial charge on any atom is 0.456 e. The fourth-order valence-electron chi connectivity index (χ4n) is 8.62. The van der Waals surface area contributed by atoms with Gasteiger partial charge in [-0.1, -0.05) is 66.8 Å².